The molecule has 1 aliphatic rings. The number of hydrogen-bond acceptors (Lipinski definition) is 6. The lowest BCUT2D eigenvalue weighted by molar-refractivity contribution is -0.116. The largest absolute Gasteiger partial charge is 0.496 e. The second-order valence-corrected chi connectivity index (χ2v) is 10.1. The van der Waals surface area contributed by atoms with Crippen LogP contribution in [0, 0.1) is 0 Å². The normalized spacial score (nSPS) is 14.3. The van der Waals surface area contributed by atoms with Crippen molar-refractivity contribution in [2.45, 2.75) is 37.5 Å². The van der Waals surface area contributed by atoms with Crippen LogP contribution in [-0.2, 0) is 26.0 Å². The highest BCUT2D eigenvalue weighted by atomic mass is 32.2. The molecule has 0 radical (unpaired) electrons. The number of para-hydroxylation sites is 1. The SMILES string of the molecule is CCCCNC(=O)c1ccccc1NC(=O)CCc1cc(S(=O)(=O)N2CCOCC2)ccc1OC. The van der Waals surface area contributed by atoms with Gasteiger partial charge in [0.1, 0.15) is 5.75 Å². The van der Waals surface area contributed by atoms with Gasteiger partial charge in [0.05, 0.1) is 36.5 Å². The number of amides is 2. The summed E-state index contributed by atoms with van der Waals surface area (Å²) in [5.41, 5.74) is 1.44. The number of anilines is 1. The van der Waals surface area contributed by atoms with Crippen molar-refractivity contribution < 1.29 is 27.5 Å². The molecule has 1 aliphatic heterocycles. The van der Waals surface area contributed by atoms with Crippen LogP contribution < -0.4 is 15.4 Å². The van der Waals surface area contributed by atoms with Gasteiger partial charge in [-0.15, -0.1) is 0 Å². The summed E-state index contributed by atoms with van der Waals surface area (Å²) in [5, 5.41) is 5.66. The first-order valence-corrected chi connectivity index (χ1v) is 13.2. The van der Waals surface area contributed by atoms with Crippen LogP contribution in [0.5, 0.6) is 5.75 Å². The molecule has 0 bridgehead atoms. The van der Waals surface area contributed by atoms with Crippen LogP contribution in [0.25, 0.3) is 0 Å². The van der Waals surface area contributed by atoms with E-state index in [0.717, 1.165) is 12.8 Å². The highest BCUT2D eigenvalue weighted by molar-refractivity contribution is 7.89. The highest BCUT2D eigenvalue weighted by Crippen LogP contribution is 2.26. The van der Waals surface area contributed by atoms with Crippen LogP contribution in [0.15, 0.2) is 47.4 Å². The number of carbonyl (C=O) groups is 2. The molecule has 10 heteroatoms. The first-order valence-electron chi connectivity index (χ1n) is 11.8. The molecule has 190 valence electrons. The number of nitrogens with zero attached hydrogens (tertiary/aromatic N) is 1. The molecule has 1 saturated heterocycles. The van der Waals surface area contributed by atoms with Crippen molar-refractivity contribution in [2.75, 3.05) is 45.3 Å². The smallest absolute Gasteiger partial charge is 0.253 e. The third-order valence-electron chi connectivity index (χ3n) is 5.74. The Morgan fingerprint density at radius 3 is 2.57 bits per heavy atom. The Balaban J connectivity index is 1.69. The van der Waals surface area contributed by atoms with Crippen molar-refractivity contribution in [1.82, 2.24) is 9.62 Å². The van der Waals surface area contributed by atoms with Gasteiger partial charge in [-0.1, -0.05) is 25.5 Å². The van der Waals surface area contributed by atoms with E-state index in [1.807, 2.05) is 6.92 Å². The molecule has 2 N–H and O–H groups in total. The zero-order chi connectivity index (χ0) is 25.3. The highest BCUT2D eigenvalue weighted by Gasteiger charge is 2.27. The number of ether oxygens (including phenoxy) is 2. The van der Waals surface area contributed by atoms with E-state index in [0.29, 0.717) is 55.4 Å². The van der Waals surface area contributed by atoms with Crippen LogP contribution in [-0.4, -0.2) is 64.5 Å². The molecule has 3 rings (SSSR count). The monoisotopic (exact) mass is 503 g/mol. The van der Waals surface area contributed by atoms with Gasteiger partial charge in [0.25, 0.3) is 5.91 Å². The van der Waals surface area contributed by atoms with E-state index < -0.39 is 10.0 Å². The third-order valence-corrected chi connectivity index (χ3v) is 7.64. The number of aryl methyl sites for hydroxylation is 1. The van der Waals surface area contributed by atoms with Crippen molar-refractivity contribution in [3.63, 3.8) is 0 Å². The Morgan fingerprint density at radius 2 is 1.86 bits per heavy atom. The molecule has 0 unspecified atom stereocenters. The van der Waals surface area contributed by atoms with E-state index in [1.165, 1.54) is 17.5 Å². The van der Waals surface area contributed by atoms with Gasteiger partial charge in [-0.2, -0.15) is 4.31 Å². The Morgan fingerprint density at radius 1 is 1.11 bits per heavy atom. The summed E-state index contributed by atoms with van der Waals surface area (Å²) in [5.74, 6) is -0.0197. The molecular weight excluding hydrogens is 470 g/mol. The number of hydrogen-bond donors (Lipinski definition) is 2. The summed E-state index contributed by atoms with van der Waals surface area (Å²) in [6.07, 6.45) is 2.20. The lowest BCUT2D eigenvalue weighted by atomic mass is 10.1. The van der Waals surface area contributed by atoms with Gasteiger partial charge in [0.2, 0.25) is 15.9 Å². The Hall–Kier alpha value is -2.95. The molecular formula is C25H33N3O6S. The molecule has 2 amide bonds. The number of rotatable bonds is 11. The summed E-state index contributed by atoms with van der Waals surface area (Å²) in [6, 6.07) is 11.5. The Labute approximate surface area is 206 Å². The van der Waals surface area contributed by atoms with Crippen LogP contribution in [0.1, 0.15) is 42.1 Å². The van der Waals surface area contributed by atoms with E-state index >= 15 is 0 Å². The molecule has 1 heterocycles. The molecule has 0 aromatic heterocycles. The van der Waals surface area contributed by atoms with Gasteiger partial charge in [0.15, 0.2) is 0 Å². The maximum Gasteiger partial charge on any atom is 0.253 e. The summed E-state index contributed by atoms with van der Waals surface area (Å²) < 4.78 is 38.1. The number of unbranched alkanes of at least 4 members (excludes halogenated alkanes) is 1. The van der Waals surface area contributed by atoms with Gasteiger partial charge >= 0.3 is 0 Å². The Bertz CT molecular complexity index is 1130. The summed E-state index contributed by atoms with van der Waals surface area (Å²) in [7, 11) is -2.17. The maximum absolute atomic E-state index is 13.0. The quantitative estimate of drug-likeness (QED) is 0.456. The lowest BCUT2D eigenvalue weighted by Crippen LogP contribution is -2.40. The number of benzene rings is 2. The predicted octanol–water partition coefficient (Wildman–Crippen LogP) is 2.82. The predicted molar refractivity (Wildman–Crippen MR) is 133 cm³/mol. The zero-order valence-electron chi connectivity index (χ0n) is 20.2. The molecule has 35 heavy (non-hydrogen) atoms. The fraction of sp³-hybridized carbons (Fsp3) is 0.440. The second-order valence-electron chi connectivity index (χ2n) is 8.19. The van der Waals surface area contributed by atoms with Crippen molar-refractivity contribution >= 4 is 27.5 Å². The fourth-order valence-corrected chi connectivity index (χ4v) is 5.23. The molecule has 0 atom stereocenters. The minimum Gasteiger partial charge on any atom is -0.496 e. The van der Waals surface area contributed by atoms with Gasteiger partial charge in [-0.05, 0) is 48.7 Å². The van der Waals surface area contributed by atoms with E-state index in [-0.39, 0.29) is 29.6 Å². The topological polar surface area (TPSA) is 114 Å². The van der Waals surface area contributed by atoms with E-state index in [9.17, 15) is 18.0 Å². The summed E-state index contributed by atoms with van der Waals surface area (Å²) >= 11 is 0. The van der Waals surface area contributed by atoms with Crippen LogP contribution in [0.3, 0.4) is 0 Å². The number of nitrogens with one attached hydrogen (secondary N) is 2. The van der Waals surface area contributed by atoms with Crippen LogP contribution >= 0.6 is 0 Å². The van der Waals surface area contributed by atoms with Crippen molar-refractivity contribution in [3.05, 3.63) is 53.6 Å². The molecule has 2 aromatic rings. The summed E-state index contributed by atoms with van der Waals surface area (Å²) in [4.78, 5) is 25.4. The summed E-state index contributed by atoms with van der Waals surface area (Å²) in [6.45, 7) is 3.94. The van der Waals surface area contributed by atoms with E-state index in [4.69, 9.17) is 9.47 Å². The van der Waals surface area contributed by atoms with Gasteiger partial charge in [0, 0.05) is 26.1 Å². The second kappa shape index (κ2) is 12.7. The average molecular weight is 504 g/mol. The minimum atomic E-state index is -3.67. The maximum atomic E-state index is 13.0. The van der Waals surface area contributed by atoms with Crippen molar-refractivity contribution in [2.24, 2.45) is 0 Å². The molecule has 9 nitrogen and oxygen atoms in total. The van der Waals surface area contributed by atoms with E-state index in [1.54, 1.807) is 36.4 Å². The molecule has 0 spiro atoms. The fourth-order valence-electron chi connectivity index (χ4n) is 3.77. The zero-order valence-corrected chi connectivity index (χ0v) is 21.0. The number of methoxy groups -OCH3 is 1. The van der Waals surface area contributed by atoms with Crippen LogP contribution in [0.2, 0.25) is 0 Å². The van der Waals surface area contributed by atoms with Crippen LogP contribution in [0.4, 0.5) is 5.69 Å². The van der Waals surface area contributed by atoms with Gasteiger partial charge < -0.3 is 20.1 Å². The first kappa shape index (κ1) is 26.7. The lowest BCUT2D eigenvalue weighted by Gasteiger charge is -2.26. The number of morpholine rings is 1. The number of sulfonamides is 1. The average Bonchev–Trinajstić information content (AvgIpc) is 2.88. The number of carbonyl (C=O) groups excluding carboxylic acids is 2. The van der Waals surface area contributed by atoms with Gasteiger partial charge in [-0.3, -0.25) is 9.59 Å². The minimum absolute atomic E-state index is 0.0865. The standard InChI is InChI=1S/C25H33N3O6S/c1-3-4-13-26-25(30)21-7-5-6-8-22(21)27-24(29)12-9-19-18-20(10-11-23(19)33-2)35(31,32)28-14-16-34-17-15-28/h5-8,10-11,18H,3-4,9,12-17H2,1-2H3,(H,26,30)(H,27,29). The molecule has 0 saturated carbocycles. The Kier molecular flexibility index (Phi) is 9.64. The molecule has 2 aromatic carbocycles. The van der Waals surface area contributed by atoms with Crippen molar-refractivity contribution in [1.29, 1.82) is 0 Å². The molecule has 0 aliphatic carbocycles. The van der Waals surface area contributed by atoms with E-state index in [2.05, 4.69) is 10.6 Å². The van der Waals surface area contributed by atoms with Crippen molar-refractivity contribution in [3.8, 4) is 5.75 Å². The van der Waals surface area contributed by atoms with Gasteiger partial charge in [-0.25, -0.2) is 8.42 Å². The first-order chi connectivity index (χ1) is 16.9. The third kappa shape index (κ3) is 7.03. The molecule has 1 fully saturated rings.